The first kappa shape index (κ1) is 17.3. The summed E-state index contributed by atoms with van der Waals surface area (Å²) in [6.45, 7) is 2.36. The highest BCUT2D eigenvalue weighted by atomic mass is 19.1. The van der Waals surface area contributed by atoms with Gasteiger partial charge in [-0.1, -0.05) is 5.16 Å². The van der Waals surface area contributed by atoms with Crippen LogP contribution in [0.5, 0.6) is 0 Å². The molecular weight excluding hydrogens is 351 g/mol. The number of hydrogen-bond acceptors (Lipinski definition) is 6. The second-order valence-electron chi connectivity index (χ2n) is 6.76. The highest BCUT2D eigenvalue weighted by Gasteiger charge is 2.43. The Balaban J connectivity index is 1.49. The Kier molecular flexibility index (Phi) is 4.43. The number of rotatable bonds is 4. The van der Waals surface area contributed by atoms with Crippen LogP contribution >= 0.6 is 0 Å². The van der Waals surface area contributed by atoms with Gasteiger partial charge in [0.05, 0.1) is 12.7 Å². The van der Waals surface area contributed by atoms with E-state index >= 15 is 4.39 Å². The smallest absolute Gasteiger partial charge is 0.266 e. The van der Waals surface area contributed by atoms with Gasteiger partial charge in [0.2, 0.25) is 17.4 Å². The molecule has 0 N–H and O–H groups in total. The zero-order valence-electron chi connectivity index (χ0n) is 14.9. The van der Waals surface area contributed by atoms with Crippen LogP contribution in [0.15, 0.2) is 41.4 Å². The van der Waals surface area contributed by atoms with Crippen LogP contribution in [0.2, 0.25) is 0 Å². The van der Waals surface area contributed by atoms with Crippen molar-refractivity contribution in [1.29, 1.82) is 0 Å². The van der Waals surface area contributed by atoms with Gasteiger partial charge in [0.1, 0.15) is 6.54 Å². The highest BCUT2D eigenvalue weighted by molar-refractivity contribution is 5.76. The normalized spacial score (nSPS) is 20.0. The standard InChI is InChI=1S/C18H19FN6O2/c1-13-8-21-25(10-13)11-15(26)24-7-3-5-18(19,12-24)17-22-16(23-27-17)14-4-2-6-20-9-14/h2,4,6,8-10H,3,5,7,11-12H2,1H3. The van der Waals surface area contributed by atoms with E-state index in [0.29, 0.717) is 18.5 Å². The number of halogens is 1. The molecule has 4 heterocycles. The van der Waals surface area contributed by atoms with Crippen molar-refractivity contribution in [2.45, 2.75) is 32.0 Å². The van der Waals surface area contributed by atoms with Crippen LogP contribution in [0.4, 0.5) is 4.39 Å². The number of piperidine rings is 1. The molecule has 1 unspecified atom stereocenters. The average Bonchev–Trinajstić information content (AvgIpc) is 3.32. The van der Waals surface area contributed by atoms with Gasteiger partial charge in [-0.15, -0.1) is 0 Å². The summed E-state index contributed by atoms with van der Waals surface area (Å²) in [6.07, 6.45) is 7.43. The van der Waals surface area contributed by atoms with Crippen LogP contribution in [0, 0.1) is 6.92 Å². The average molecular weight is 370 g/mol. The second-order valence-corrected chi connectivity index (χ2v) is 6.76. The lowest BCUT2D eigenvalue weighted by atomic mass is 9.94. The molecule has 0 aromatic carbocycles. The van der Waals surface area contributed by atoms with Crippen molar-refractivity contribution in [3.8, 4) is 11.4 Å². The Bertz CT molecular complexity index is 940. The van der Waals surface area contributed by atoms with Gasteiger partial charge in [-0.25, -0.2) is 4.39 Å². The minimum absolute atomic E-state index is 0.0781. The van der Waals surface area contributed by atoms with Crippen LogP contribution < -0.4 is 0 Å². The molecule has 1 atom stereocenters. The molecule has 1 aliphatic rings. The SMILES string of the molecule is Cc1cnn(CC(=O)N2CCCC(F)(c3nc(-c4cccnc4)no3)C2)c1. The van der Waals surface area contributed by atoms with Gasteiger partial charge < -0.3 is 9.42 Å². The molecule has 0 spiro atoms. The van der Waals surface area contributed by atoms with Crippen LogP contribution in [-0.4, -0.2) is 48.8 Å². The first-order chi connectivity index (χ1) is 13.0. The van der Waals surface area contributed by atoms with Crippen LogP contribution in [0.25, 0.3) is 11.4 Å². The van der Waals surface area contributed by atoms with E-state index in [1.54, 1.807) is 41.6 Å². The first-order valence-electron chi connectivity index (χ1n) is 8.74. The fourth-order valence-corrected chi connectivity index (χ4v) is 3.21. The summed E-state index contributed by atoms with van der Waals surface area (Å²) >= 11 is 0. The predicted molar refractivity (Wildman–Crippen MR) is 93.1 cm³/mol. The van der Waals surface area contributed by atoms with Crippen molar-refractivity contribution in [3.63, 3.8) is 0 Å². The number of aromatic nitrogens is 5. The Morgan fingerprint density at radius 3 is 3.04 bits per heavy atom. The van der Waals surface area contributed by atoms with Gasteiger partial charge in [-0.05, 0) is 37.5 Å². The summed E-state index contributed by atoms with van der Waals surface area (Å²) in [4.78, 5) is 22.2. The lowest BCUT2D eigenvalue weighted by Gasteiger charge is -2.35. The van der Waals surface area contributed by atoms with E-state index in [-0.39, 0.29) is 37.1 Å². The molecule has 0 aliphatic carbocycles. The van der Waals surface area contributed by atoms with E-state index in [2.05, 4.69) is 20.2 Å². The van der Waals surface area contributed by atoms with Crippen molar-refractivity contribution in [1.82, 2.24) is 29.8 Å². The van der Waals surface area contributed by atoms with E-state index in [1.165, 1.54) is 4.90 Å². The summed E-state index contributed by atoms with van der Waals surface area (Å²) in [5, 5.41) is 7.97. The Labute approximate surface area is 155 Å². The van der Waals surface area contributed by atoms with Gasteiger partial charge in [0.15, 0.2) is 0 Å². The van der Waals surface area contributed by atoms with Crippen molar-refractivity contribution in [2.24, 2.45) is 0 Å². The predicted octanol–water partition coefficient (Wildman–Crippen LogP) is 2.12. The molecule has 1 amide bonds. The van der Waals surface area contributed by atoms with E-state index in [0.717, 1.165) is 5.56 Å². The number of nitrogens with zero attached hydrogens (tertiary/aromatic N) is 6. The first-order valence-corrected chi connectivity index (χ1v) is 8.74. The van der Waals surface area contributed by atoms with E-state index in [9.17, 15) is 4.79 Å². The van der Waals surface area contributed by atoms with Gasteiger partial charge in [-0.2, -0.15) is 10.1 Å². The molecule has 0 radical (unpaired) electrons. The number of alkyl halides is 1. The molecule has 3 aromatic heterocycles. The van der Waals surface area contributed by atoms with Crippen molar-refractivity contribution in [3.05, 3.63) is 48.4 Å². The van der Waals surface area contributed by atoms with Crippen molar-refractivity contribution >= 4 is 5.91 Å². The molecule has 3 aromatic rings. The minimum Gasteiger partial charge on any atom is -0.337 e. The molecule has 1 aliphatic heterocycles. The third-order valence-electron chi connectivity index (χ3n) is 4.58. The van der Waals surface area contributed by atoms with E-state index in [1.807, 2.05) is 6.92 Å². The third kappa shape index (κ3) is 3.57. The number of aryl methyl sites for hydroxylation is 1. The zero-order valence-corrected chi connectivity index (χ0v) is 14.9. The molecule has 1 fully saturated rings. The van der Waals surface area contributed by atoms with Gasteiger partial charge in [0.25, 0.3) is 5.89 Å². The maximum absolute atomic E-state index is 15.6. The van der Waals surface area contributed by atoms with E-state index in [4.69, 9.17) is 4.52 Å². The van der Waals surface area contributed by atoms with Crippen LogP contribution in [0.1, 0.15) is 24.3 Å². The molecule has 0 bridgehead atoms. The number of carbonyl (C=O) groups is 1. The monoisotopic (exact) mass is 370 g/mol. The topological polar surface area (TPSA) is 89.9 Å². The maximum atomic E-state index is 15.6. The lowest BCUT2D eigenvalue weighted by Crippen LogP contribution is -2.47. The summed E-state index contributed by atoms with van der Waals surface area (Å²) in [6, 6.07) is 3.52. The van der Waals surface area contributed by atoms with Gasteiger partial charge in [0, 0.05) is 30.7 Å². The number of likely N-dealkylation sites (tertiary alicyclic amines) is 1. The summed E-state index contributed by atoms with van der Waals surface area (Å²) in [5.41, 5.74) is -0.245. The van der Waals surface area contributed by atoms with Crippen LogP contribution in [-0.2, 0) is 17.0 Å². The fourth-order valence-electron chi connectivity index (χ4n) is 3.21. The second kappa shape index (κ2) is 6.90. The summed E-state index contributed by atoms with van der Waals surface area (Å²) in [5.74, 6) is -0.00815. The number of amides is 1. The number of hydrogen-bond donors (Lipinski definition) is 0. The van der Waals surface area contributed by atoms with Crippen molar-refractivity contribution < 1.29 is 13.7 Å². The number of pyridine rings is 1. The van der Waals surface area contributed by atoms with Gasteiger partial charge >= 0.3 is 0 Å². The molecule has 27 heavy (non-hydrogen) atoms. The van der Waals surface area contributed by atoms with Gasteiger partial charge in [-0.3, -0.25) is 14.5 Å². The summed E-state index contributed by atoms with van der Waals surface area (Å²) < 4.78 is 22.3. The lowest BCUT2D eigenvalue weighted by molar-refractivity contribution is -0.137. The zero-order chi connectivity index (χ0) is 18.9. The number of carbonyl (C=O) groups excluding carboxylic acids is 1. The third-order valence-corrected chi connectivity index (χ3v) is 4.58. The maximum Gasteiger partial charge on any atom is 0.266 e. The molecule has 1 saturated heterocycles. The largest absolute Gasteiger partial charge is 0.337 e. The highest BCUT2D eigenvalue weighted by Crippen LogP contribution is 2.35. The Hall–Kier alpha value is -3.10. The molecule has 9 heteroatoms. The molecule has 8 nitrogen and oxygen atoms in total. The molecule has 4 rings (SSSR count). The Morgan fingerprint density at radius 2 is 2.30 bits per heavy atom. The molecule has 140 valence electrons. The molecular formula is C18H19FN6O2. The minimum atomic E-state index is -1.86. The van der Waals surface area contributed by atoms with E-state index < -0.39 is 5.67 Å². The summed E-state index contributed by atoms with van der Waals surface area (Å²) in [7, 11) is 0. The quantitative estimate of drug-likeness (QED) is 0.699. The molecule has 0 saturated carbocycles. The fraction of sp³-hybridized carbons (Fsp3) is 0.389. The Morgan fingerprint density at radius 1 is 1.41 bits per heavy atom. The van der Waals surface area contributed by atoms with Crippen LogP contribution in [0.3, 0.4) is 0 Å². The van der Waals surface area contributed by atoms with Crippen molar-refractivity contribution in [2.75, 3.05) is 13.1 Å².